The Kier molecular flexibility index (Phi) is 7.25. The number of thiophene rings is 1. The zero-order chi connectivity index (χ0) is 27.1. The van der Waals surface area contributed by atoms with Gasteiger partial charge in [-0.3, -0.25) is 0 Å². The predicted molar refractivity (Wildman–Crippen MR) is 125 cm³/mol. The lowest BCUT2D eigenvalue weighted by Gasteiger charge is -2.33. The summed E-state index contributed by atoms with van der Waals surface area (Å²) in [5, 5.41) is 21.6. The van der Waals surface area contributed by atoms with Crippen molar-refractivity contribution in [3.63, 3.8) is 0 Å². The number of piperidine rings is 1. The maximum atomic E-state index is 15.0. The smallest absolute Gasteiger partial charge is 0.388 e. The number of aliphatic hydroxyl groups is 1. The Morgan fingerprint density at radius 3 is 2.62 bits per heavy atom. The molecule has 0 radical (unpaired) electrons. The molecule has 3 atom stereocenters. The highest BCUT2D eigenvalue weighted by Gasteiger charge is 2.39. The molecule has 0 spiro atoms. The molecule has 2 N–H and O–H groups in total. The van der Waals surface area contributed by atoms with Crippen LogP contribution >= 0.6 is 11.3 Å². The van der Waals surface area contributed by atoms with Gasteiger partial charge in [0, 0.05) is 32.5 Å². The van der Waals surface area contributed by atoms with Crippen molar-refractivity contribution >= 4 is 27.3 Å². The first-order chi connectivity index (χ1) is 17.3. The van der Waals surface area contributed by atoms with Gasteiger partial charge in [-0.15, -0.1) is 11.3 Å². The highest BCUT2D eigenvalue weighted by molar-refractivity contribution is 7.89. The molecule has 0 aliphatic carbocycles. The van der Waals surface area contributed by atoms with E-state index in [9.17, 15) is 32.0 Å². The molecule has 1 saturated heterocycles. The number of halogens is 4. The van der Waals surface area contributed by atoms with Gasteiger partial charge in [0.1, 0.15) is 17.8 Å². The monoisotopic (exact) mass is 559 g/mol. The number of rotatable bonds is 6. The average molecular weight is 560 g/mol. The molecular weight excluding hydrogens is 538 g/mol. The van der Waals surface area contributed by atoms with Crippen LogP contribution in [0.5, 0.6) is 0 Å². The fraction of sp³-hybridized carbons (Fsp3) is 0.429. The van der Waals surface area contributed by atoms with Crippen LogP contribution in [-0.2, 0) is 23.2 Å². The van der Waals surface area contributed by atoms with Crippen LogP contribution in [0.1, 0.15) is 35.5 Å². The van der Waals surface area contributed by atoms with Crippen molar-refractivity contribution in [1.82, 2.24) is 23.8 Å². The molecule has 16 heteroatoms. The van der Waals surface area contributed by atoms with Crippen LogP contribution in [0.2, 0.25) is 0 Å². The molecule has 1 unspecified atom stereocenters. The zero-order valence-corrected chi connectivity index (χ0v) is 21.1. The maximum absolute atomic E-state index is 15.0. The molecule has 37 heavy (non-hydrogen) atoms. The van der Waals surface area contributed by atoms with Crippen molar-refractivity contribution in [1.29, 1.82) is 5.26 Å². The van der Waals surface area contributed by atoms with Crippen LogP contribution < -0.4 is 5.32 Å². The topological polar surface area (TPSA) is 137 Å². The molecule has 198 valence electrons. The molecule has 0 aromatic carbocycles. The molecule has 3 aromatic rings. The van der Waals surface area contributed by atoms with Gasteiger partial charge in [0.2, 0.25) is 5.95 Å². The number of hydrogen-bond donors (Lipinski definition) is 2. The molecular formula is C21H21F4N7O3S2. The normalized spacial score (nSPS) is 19.9. The number of imidazole rings is 1. The molecule has 1 aliphatic rings. The van der Waals surface area contributed by atoms with Crippen molar-refractivity contribution in [3.8, 4) is 16.6 Å². The molecule has 3 aromatic heterocycles. The van der Waals surface area contributed by atoms with Crippen LogP contribution in [0.25, 0.3) is 10.6 Å². The molecule has 10 nitrogen and oxygen atoms in total. The van der Waals surface area contributed by atoms with Gasteiger partial charge in [0.15, 0.2) is 5.03 Å². The van der Waals surface area contributed by atoms with Gasteiger partial charge in [0.05, 0.1) is 39.5 Å². The minimum atomic E-state index is -4.82. The number of hydrogen-bond acceptors (Lipinski definition) is 9. The van der Waals surface area contributed by atoms with Crippen LogP contribution in [-0.4, -0.2) is 62.7 Å². The van der Waals surface area contributed by atoms with Crippen LogP contribution in [0, 0.1) is 11.3 Å². The van der Waals surface area contributed by atoms with E-state index in [1.54, 1.807) is 7.05 Å². The number of sulfonamides is 1. The molecule has 1 aliphatic heterocycles. The minimum absolute atomic E-state index is 0.00327. The lowest BCUT2D eigenvalue weighted by atomic mass is 10.1. The van der Waals surface area contributed by atoms with Gasteiger partial charge in [0.25, 0.3) is 10.0 Å². The third-order valence-corrected chi connectivity index (χ3v) is 8.76. The van der Waals surface area contributed by atoms with E-state index in [2.05, 4.69) is 20.3 Å². The summed E-state index contributed by atoms with van der Waals surface area (Å²) in [6.07, 6.45) is -4.44. The third-order valence-electron chi connectivity index (χ3n) is 5.69. The number of aromatic nitrogens is 4. The van der Waals surface area contributed by atoms with Crippen molar-refractivity contribution < 1.29 is 31.1 Å². The Morgan fingerprint density at radius 2 is 2.08 bits per heavy atom. The quantitative estimate of drug-likeness (QED) is 0.440. The fourth-order valence-corrected chi connectivity index (χ4v) is 6.32. The van der Waals surface area contributed by atoms with Crippen LogP contribution in [0.3, 0.4) is 0 Å². The SMILES string of the molecule is CC(O)c1sc(-c2nc(N[C@H]3CCN(S(=O)(=O)c4cn(C)cn4)C[C@H]3F)ncc2C(F)(F)F)cc1C#N. The minimum Gasteiger partial charge on any atom is -0.388 e. The second kappa shape index (κ2) is 9.97. The molecule has 4 rings (SSSR count). The Hall–Kier alpha value is -3.13. The zero-order valence-electron chi connectivity index (χ0n) is 19.4. The summed E-state index contributed by atoms with van der Waals surface area (Å²) in [6.45, 7) is 0.840. The number of aryl methyl sites for hydroxylation is 1. The molecule has 0 amide bonds. The molecule has 0 saturated carbocycles. The fourth-order valence-electron chi connectivity index (χ4n) is 3.84. The Balaban J connectivity index is 1.59. The van der Waals surface area contributed by atoms with Crippen molar-refractivity contribution in [2.75, 3.05) is 18.4 Å². The summed E-state index contributed by atoms with van der Waals surface area (Å²) in [6, 6.07) is 2.08. The van der Waals surface area contributed by atoms with E-state index < -0.39 is 52.3 Å². The van der Waals surface area contributed by atoms with Crippen molar-refractivity contribution in [2.45, 2.75) is 42.9 Å². The summed E-state index contributed by atoms with van der Waals surface area (Å²) < 4.78 is 84.0. The molecule has 4 heterocycles. The number of nitrogens with one attached hydrogen (secondary N) is 1. The van der Waals surface area contributed by atoms with E-state index in [0.717, 1.165) is 15.6 Å². The standard InChI is InChI=1S/C21H21F4N7O3S2/c1-11(33)19-12(6-26)5-16(36-19)18-13(21(23,24)25)7-27-20(30-18)29-15-3-4-32(8-14(15)22)37(34,35)17-9-31(2)10-28-17/h5,7,9-11,14-15,33H,3-4,8H2,1-2H3,(H,27,29,30)/t11?,14-,15+/m1/s1. The summed E-state index contributed by atoms with van der Waals surface area (Å²) in [4.78, 5) is 11.7. The van der Waals surface area contributed by atoms with E-state index >= 15 is 4.39 Å². The summed E-state index contributed by atoms with van der Waals surface area (Å²) in [7, 11) is -2.42. The van der Waals surface area contributed by atoms with E-state index in [-0.39, 0.29) is 39.3 Å². The first-order valence-corrected chi connectivity index (χ1v) is 13.1. The van der Waals surface area contributed by atoms with Crippen molar-refractivity contribution in [2.24, 2.45) is 7.05 Å². The highest BCUT2D eigenvalue weighted by atomic mass is 32.2. The Labute approximate surface area is 213 Å². The highest BCUT2D eigenvalue weighted by Crippen LogP contribution is 2.41. The Bertz CT molecular complexity index is 1450. The average Bonchev–Trinajstić information content (AvgIpc) is 3.46. The summed E-state index contributed by atoms with van der Waals surface area (Å²) in [5.74, 6) is -0.290. The first-order valence-electron chi connectivity index (χ1n) is 10.9. The largest absolute Gasteiger partial charge is 0.420 e. The lowest BCUT2D eigenvalue weighted by Crippen LogP contribution is -2.50. The van der Waals surface area contributed by atoms with Gasteiger partial charge >= 0.3 is 6.18 Å². The lowest BCUT2D eigenvalue weighted by molar-refractivity contribution is -0.137. The van der Waals surface area contributed by atoms with Crippen LogP contribution in [0.4, 0.5) is 23.5 Å². The van der Waals surface area contributed by atoms with Gasteiger partial charge in [-0.1, -0.05) is 0 Å². The van der Waals surface area contributed by atoms with Gasteiger partial charge < -0.3 is 15.0 Å². The maximum Gasteiger partial charge on any atom is 0.420 e. The summed E-state index contributed by atoms with van der Waals surface area (Å²) in [5.41, 5.74) is -1.67. The number of aliphatic hydroxyl groups excluding tert-OH is 1. The van der Waals surface area contributed by atoms with Crippen LogP contribution in [0.15, 0.2) is 29.8 Å². The van der Waals surface area contributed by atoms with E-state index in [4.69, 9.17) is 0 Å². The second-order valence-corrected chi connectivity index (χ2v) is 11.4. The number of anilines is 1. The van der Waals surface area contributed by atoms with E-state index in [0.29, 0.717) is 6.20 Å². The van der Waals surface area contributed by atoms with Gasteiger partial charge in [-0.05, 0) is 19.4 Å². The first kappa shape index (κ1) is 26.9. The van der Waals surface area contributed by atoms with Crippen molar-refractivity contribution in [3.05, 3.63) is 40.8 Å². The number of alkyl halides is 4. The number of nitrogens with zero attached hydrogens (tertiary/aromatic N) is 6. The molecule has 1 fully saturated rings. The number of nitriles is 1. The molecule has 0 bridgehead atoms. The van der Waals surface area contributed by atoms with E-state index in [1.807, 2.05) is 6.07 Å². The van der Waals surface area contributed by atoms with E-state index in [1.165, 1.54) is 30.1 Å². The third kappa shape index (κ3) is 5.44. The van der Waals surface area contributed by atoms with Gasteiger partial charge in [-0.25, -0.2) is 27.8 Å². The van der Waals surface area contributed by atoms with Gasteiger partial charge in [-0.2, -0.15) is 22.7 Å². The Morgan fingerprint density at radius 1 is 1.35 bits per heavy atom. The predicted octanol–water partition coefficient (Wildman–Crippen LogP) is 3.10. The second-order valence-electron chi connectivity index (χ2n) is 8.43. The summed E-state index contributed by atoms with van der Waals surface area (Å²) >= 11 is 0.788.